The lowest BCUT2D eigenvalue weighted by atomic mass is 10.0. The molecular weight excluding hydrogens is 284 g/mol. The molecule has 0 radical (unpaired) electrons. The number of carboxylic acids is 1. The number of aliphatic carboxylic acids is 1. The largest absolute Gasteiger partial charge is 0.548 e. The van der Waals surface area contributed by atoms with Gasteiger partial charge in [-0.1, -0.05) is 6.42 Å². The minimum atomic E-state index is -1.79. The Bertz CT molecular complexity index is 327. The van der Waals surface area contributed by atoms with E-state index >= 15 is 0 Å². The Labute approximate surface area is 122 Å². The van der Waals surface area contributed by atoms with E-state index in [1.165, 1.54) is 0 Å². The number of carbonyl (C=O) groups is 2. The minimum absolute atomic E-state index is 0.219. The molecule has 124 valence electrons. The van der Waals surface area contributed by atoms with E-state index in [0.29, 0.717) is 19.4 Å². The lowest BCUT2D eigenvalue weighted by molar-refractivity contribution is -0.307. The first-order chi connectivity index (χ1) is 9.81. The van der Waals surface area contributed by atoms with Crippen LogP contribution >= 0.6 is 0 Å². The van der Waals surface area contributed by atoms with Crippen molar-refractivity contribution in [2.24, 2.45) is 5.73 Å². The number of aliphatic hydroxyl groups is 4. The number of ketones is 1. The van der Waals surface area contributed by atoms with Crippen molar-refractivity contribution in [3.05, 3.63) is 0 Å². The van der Waals surface area contributed by atoms with Crippen molar-refractivity contribution in [2.45, 2.75) is 43.6 Å². The first kappa shape index (κ1) is 19.9. The zero-order valence-electron chi connectivity index (χ0n) is 11.6. The highest BCUT2D eigenvalue weighted by Gasteiger charge is 2.29. The fraction of sp³-hybridized carbons (Fsp3) is 0.833. The normalized spacial score (nSPS) is 17.0. The Morgan fingerprint density at radius 3 is 2.33 bits per heavy atom. The average Bonchev–Trinajstić information content (AvgIpc) is 2.47. The number of carbonyl (C=O) groups excluding carboxylic acids is 2. The van der Waals surface area contributed by atoms with Crippen LogP contribution in [0.2, 0.25) is 0 Å². The van der Waals surface area contributed by atoms with Crippen LogP contribution in [0.5, 0.6) is 0 Å². The highest BCUT2D eigenvalue weighted by atomic mass is 16.4. The summed E-state index contributed by atoms with van der Waals surface area (Å²) in [6.07, 6.45) is -3.74. The van der Waals surface area contributed by atoms with E-state index in [2.05, 4.69) is 5.32 Å². The maximum absolute atomic E-state index is 11.5. The third kappa shape index (κ3) is 8.05. The number of nitrogens with one attached hydrogen (secondary N) is 1. The van der Waals surface area contributed by atoms with E-state index in [1.54, 1.807) is 0 Å². The molecule has 7 N–H and O–H groups in total. The number of rotatable bonds is 12. The Hall–Kier alpha value is -1.10. The van der Waals surface area contributed by atoms with Crippen LogP contribution in [0, 0.1) is 0 Å². The molecule has 0 fully saturated rings. The summed E-state index contributed by atoms with van der Waals surface area (Å²) in [5, 5.41) is 49.5. The number of nitrogens with two attached hydrogens (primary N) is 1. The fourth-order valence-electron chi connectivity index (χ4n) is 1.56. The van der Waals surface area contributed by atoms with Gasteiger partial charge in [0.2, 0.25) is 0 Å². The molecular formula is C12H23N2O7-. The summed E-state index contributed by atoms with van der Waals surface area (Å²) >= 11 is 0. The maximum Gasteiger partial charge on any atom is 0.177 e. The number of hydrogen-bond acceptors (Lipinski definition) is 9. The smallest absolute Gasteiger partial charge is 0.177 e. The molecule has 0 bridgehead atoms. The van der Waals surface area contributed by atoms with Gasteiger partial charge in [0.15, 0.2) is 5.78 Å². The van der Waals surface area contributed by atoms with Crippen molar-refractivity contribution < 1.29 is 35.1 Å². The molecule has 0 spiro atoms. The lowest BCUT2D eigenvalue weighted by Gasteiger charge is -2.20. The molecule has 0 aromatic carbocycles. The fourth-order valence-corrected chi connectivity index (χ4v) is 1.56. The molecule has 0 rings (SSSR count). The molecule has 0 saturated heterocycles. The molecule has 0 aliphatic rings. The van der Waals surface area contributed by atoms with E-state index in [-0.39, 0.29) is 13.0 Å². The van der Waals surface area contributed by atoms with Crippen LogP contribution in [-0.4, -0.2) is 76.2 Å². The molecule has 0 aliphatic carbocycles. The Morgan fingerprint density at radius 2 is 1.81 bits per heavy atom. The van der Waals surface area contributed by atoms with Crippen molar-refractivity contribution in [3.63, 3.8) is 0 Å². The van der Waals surface area contributed by atoms with Gasteiger partial charge in [0.1, 0.15) is 18.3 Å². The molecule has 0 unspecified atom stereocenters. The van der Waals surface area contributed by atoms with Gasteiger partial charge in [0.05, 0.1) is 19.1 Å². The summed E-state index contributed by atoms with van der Waals surface area (Å²) in [6.45, 7) is -0.586. The van der Waals surface area contributed by atoms with Crippen LogP contribution in [0.15, 0.2) is 0 Å². The van der Waals surface area contributed by atoms with Crippen LogP contribution in [0.25, 0.3) is 0 Å². The molecule has 0 aromatic heterocycles. The van der Waals surface area contributed by atoms with Crippen LogP contribution in [0.4, 0.5) is 0 Å². The molecule has 0 saturated carbocycles. The summed E-state index contributed by atoms with van der Waals surface area (Å²) < 4.78 is 0. The van der Waals surface area contributed by atoms with Gasteiger partial charge in [-0.05, 0) is 19.4 Å². The molecule has 0 amide bonds. The maximum atomic E-state index is 11.5. The van der Waals surface area contributed by atoms with Crippen LogP contribution in [-0.2, 0) is 9.59 Å². The Balaban J connectivity index is 3.77. The van der Waals surface area contributed by atoms with Gasteiger partial charge in [0, 0.05) is 6.04 Å². The summed E-state index contributed by atoms with van der Waals surface area (Å²) in [5.41, 5.74) is 5.25. The lowest BCUT2D eigenvalue weighted by Crippen LogP contribution is -2.46. The van der Waals surface area contributed by atoms with Gasteiger partial charge in [-0.15, -0.1) is 0 Å². The van der Waals surface area contributed by atoms with Crippen molar-refractivity contribution in [2.75, 3.05) is 19.7 Å². The highest BCUT2D eigenvalue weighted by Crippen LogP contribution is 2.01. The van der Waals surface area contributed by atoms with Gasteiger partial charge in [0.25, 0.3) is 0 Å². The number of Topliss-reactive ketones (excluding diaryl/α,β-unsaturated/α-hetero) is 1. The summed E-state index contributed by atoms with van der Waals surface area (Å²) in [4.78, 5) is 21.8. The standard InChI is InChI=1S/C12H24N2O7/c13-7(12(20)21)3-1-2-4-14-5-8(16)10(18)11(19)9(17)6-15/h7,9-11,14-15,17-19H,1-6,13H2,(H,20,21)/p-1/t7-,9+,10+,11+/m0/s1. The van der Waals surface area contributed by atoms with Gasteiger partial charge in [-0.2, -0.15) is 0 Å². The van der Waals surface area contributed by atoms with Gasteiger partial charge >= 0.3 is 0 Å². The highest BCUT2D eigenvalue weighted by molar-refractivity contribution is 5.85. The number of unbranched alkanes of at least 4 members (excludes halogenated alkanes) is 1. The Morgan fingerprint density at radius 1 is 1.19 bits per heavy atom. The van der Waals surface area contributed by atoms with Gasteiger partial charge < -0.3 is 41.4 Å². The first-order valence-corrected chi connectivity index (χ1v) is 6.66. The SMILES string of the molecule is N[C@@H](CCCCNCC(=O)[C@@H](O)[C@H](O)[C@H](O)CO)C(=O)[O-]. The van der Waals surface area contributed by atoms with Crippen molar-refractivity contribution in [3.8, 4) is 0 Å². The molecule has 9 nitrogen and oxygen atoms in total. The van der Waals surface area contributed by atoms with Gasteiger partial charge in [-0.25, -0.2) is 0 Å². The second-order valence-corrected chi connectivity index (χ2v) is 4.75. The van der Waals surface area contributed by atoms with Gasteiger partial charge in [-0.3, -0.25) is 4.79 Å². The average molecular weight is 307 g/mol. The number of aliphatic hydroxyl groups excluding tert-OH is 4. The molecule has 4 atom stereocenters. The summed E-state index contributed by atoms with van der Waals surface area (Å²) in [5.74, 6) is -2.03. The second-order valence-electron chi connectivity index (χ2n) is 4.75. The quantitative estimate of drug-likeness (QED) is 0.194. The molecule has 9 heteroatoms. The van der Waals surface area contributed by atoms with Crippen molar-refractivity contribution in [1.29, 1.82) is 0 Å². The first-order valence-electron chi connectivity index (χ1n) is 6.66. The Kier molecular flexibility index (Phi) is 10.0. The van der Waals surface area contributed by atoms with Crippen molar-refractivity contribution in [1.82, 2.24) is 5.32 Å². The zero-order chi connectivity index (χ0) is 16.4. The monoisotopic (exact) mass is 307 g/mol. The number of hydrogen-bond donors (Lipinski definition) is 6. The second kappa shape index (κ2) is 10.6. The predicted octanol–water partition coefficient (Wildman–Crippen LogP) is -4.53. The van der Waals surface area contributed by atoms with E-state index in [9.17, 15) is 24.9 Å². The van der Waals surface area contributed by atoms with Crippen molar-refractivity contribution >= 4 is 11.8 Å². The third-order valence-corrected chi connectivity index (χ3v) is 2.96. The van der Waals surface area contributed by atoms with Crippen LogP contribution in [0.1, 0.15) is 19.3 Å². The van der Waals surface area contributed by atoms with E-state index in [0.717, 1.165) is 0 Å². The van der Waals surface area contributed by atoms with E-state index in [4.69, 9.17) is 15.9 Å². The van der Waals surface area contributed by atoms with E-state index < -0.39 is 42.7 Å². The predicted molar refractivity (Wildman–Crippen MR) is 69.8 cm³/mol. The van der Waals surface area contributed by atoms with Crippen LogP contribution < -0.4 is 16.2 Å². The molecule has 0 aliphatic heterocycles. The topological polar surface area (TPSA) is 176 Å². The molecule has 0 heterocycles. The zero-order valence-corrected chi connectivity index (χ0v) is 11.6. The van der Waals surface area contributed by atoms with Crippen LogP contribution in [0.3, 0.4) is 0 Å². The third-order valence-electron chi connectivity index (χ3n) is 2.96. The number of carboxylic acid groups (broad SMARTS) is 1. The summed E-state index contributed by atoms with van der Waals surface area (Å²) in [6, 6.07) is -1.01. The van der Waals surface area contributed by atoms with E-state index in [1.807, 2.05) is 0 Å². The minimum Gasteiger partial charge on any atom is -0.548 e. The molecule has 0 aromatic rings. The molecule has 21 heavy (non-hydrogen) atoms. The summed E-state index contributed by atoms with van der Waals surface area (Å²) in [7, 11) is 0.